The van der Waals surface area contributed by atoms with E-state index in [-0.39, 0.29) is 12.3 Å². The lowest BCUT2D eigenvalue weighted by molar-refractivity contribution is -0.136. The minimum Gasteiger partial charge on any atom is -0.481 e. The number of carbonyl (C=O) groups is 2. The van der Waals surface area contributed by atoms with Gasteiger partial charge >= 0.3 is 5.97 Å². The van der Waals surface area contributed by atoms with Crippen molar-refractivity contribution in [1.82, 2.24) is 20.6 Å². The number of aromatic amines is 1. The first-order chi connectivity index (χ1) is 14.1. The lowest BCUT2D eigenvalue weighted by Gasteiger charge is -2.05. The predicted molar refractivity (Wildman–Crippen MR) is 109 cm³/mol. The van der Waals surface area contributed by atoms with Crippen molar-refractivity contribution in [3.8, 4) is 11.4 Å². The van der Waals surface area contributed by atoms with Crippen LogP contribution in [0.15, 0.2) is 58.4 Å². The van der Waals surface area contributed by atoms with Gasteiger partial charge in [0.2, 0.25) is 0 Å². The van der Waals surface area contributed by atoms with Crippen LogP contribution in [0.2, 0.25) is 0 Å². The van der Waals surface area contributed by atoms with Crippen molar-refractivity contribution in [2.75, 3.05) is 5.32 Å². The van der Waals surface area contributed by atoms with Gasteiger partial charge in [0.05, 0.1) is 11.3 Å². The zero-order valence-corrected chi connectivity index (χ0v) is 15.7. The molecule has 0 unspecified atom stereocenters. The molecule has 9 nitrogen and oxygen atoms in total. The lowest BCUT2D eigenvalue weighted by atomic mass is 10.1. The van der Waals surface area contributed by atoms with Crippen LogP contribution in [0.3, 0.4) is 0 Å². The number of benzene rings is 2. The molecule has 144 valence electrons. The summed E-state index contributed by atoms with van der Waals surface area (Å²) in [7, 11) is 0. The number of carboxylic acids is 1. The molecule has 0 fully saturated rings. The lowest BCUT2D eigenvalue weighted by Crippen LogP contribution is -2.05. The fraction of sp³-hybridized carbons (Fsp3) is 0.0526. The maximum Gasteiger partial charge on any atom is 0.307 e. The van der Waals surface area contributed by atoms with Gasteiger partial charge in [-0.3, -0.25) is 9.59 Å². The number of rotatable bonds is 5. The first-order valence-electron chi connectivity index (χ1n) is 8.51. The molecule has 0 spiro atoms. The molecule has 1 aromatic heterocycles. The van der Waals surface area contributed by atoms with Gasteiger partial charge in [0.15, 0.2) is 11.0 Å². The SMILES string of the molecule is O=C(O)Cc1ccc(NC2=NC(=O)C(=Cc3ccc(-c4nnn[nH]4)cc3)S2)cc1. The van der Waals surface area contributed by atoms with Crippen molar-refractivity contribution in [3.63, 3.8) is 0 Å². The molecular formula is C19H14N6O3S. The second-order valence-corrected chi connectivity index (χ2v) is 7.13. The molecule has 3 N–H and O–H groups in total. The van der Waals surface area contributed by atoms with E-state index in [1.165, 1.54) is 11.8 Å². The highest BCUT2D eigenvalue weighted by atomic mass is 32.2. The zero-order valence-electron chi connectivity index (χ0n) is 14.9. The number of hydrogen-bond acceptors (Lipinski definition) is 7. The Labute approximate surface area is 168 Å². The average Bonchev–Trinajstić information content (AvgIpc) is 3.34. The number of nitrogens with zero attached hydrogens (tertiary/aromatic N) is 4. The Morgan fingerprint density at radius 3 is 2.55 bits per heavy atom. The largest absolute Gasteiger partial charge is 0.481 e. The Bertz CT molecular complexity index is 1110. The summed E-state index contributed by atoms with van der Waals surface area (Å²) in [6.07, 6.45) is 1.73. The molecule has 1 amide bonds. The number of aliphatic imine (C=N–C) groups is 1. The molecule has 2 heterocycles. The molecule has 0 radical (unpaired) electrons. The number of aliphatic carboxylic acids is 1. The Morgan fingerprint density at radius 1 is 1.14 bits per heavy atom. The number of carboxylic acid groups (broad SMARTS) is 1. The number of H-pyrrole nitrogens is 1. The quantitative estimate of drug-likeness (QED) is 0.551. The molecule has 1 aliphatic heterocycles. The van der Waals surface area contributed by atoms with E-state index in [0.29, 0.717) is 21.5 Å². The van der Waals surface area contributed by atoms with Crippen LogP contribution >= 0.6 is 11.8 Å². The van der Waals surface area contributed by atoms with Crippen LogP contribution in [0, 0.1) is 0 Å². The molecule has 0 bridgehead atoms. The van der Waals surface area contributed by atoms with Gasteiger partial charge in [-0.25, -0.2) is 5.10 Å². The van der Waals surface area contributed by atoms with Gasteiger partial charge in [-0.05, 0) is 51.5 Å². The maximum absolute atomic E-state index is 12.2. The fourth-order valence-electron chi connectivity index (χ4n) is 2.64. The molecule has 0 aliphatic carbocycles. The van der Waals surface area contributed by atoms with E-state index in [1.807, 2.05) is 24.3 Å². The van der Waals surface area contributed by atoms with Crippen molar-refractivity contribution < 1.29 is 14.7 Å². The normalized spacial score (nSPS) is 14.8. The number of tetrazole rings is 1. The number of nitrogens with one attached hydrogen (secondary N) is 2. The van der Waals surface area contributed by atoms with Crippen LogP contribution in [-0.4, -0.2) is 42.8 Å². The molecule has 1 aliphatic rings. The summed E-state index contributed by atoms with van der Waals surface area (Å²) < 4.78 is 0. The molecule has 0 atom stereocenters. The van der Waals surface area contributed by atoms with E-state index in [9.17, 15) is 9.59 Å². The van der Waals surface area contributed by atoms with Gasteiger partial charge in [-0.2, -0.15) is 4.99 Å². The third-order valence-electron chi connectivity index (χ3n) is 4.01. The molecule has 4 rings (SSSR count). The van der Waals surface area contributed by atoms with Crippen LogP contribution < -0.4 is 5.32 Å². The second kappa shape index (κ2) is 8.07. The van der Waals surface area contributed by atoms with Crippen LogP contribution in [0.4, 0.5) is 5.69 Å². The topological polar surface area (TPSA) is 133 Å². The summed E-state index contributed by atoms with van der Waals surface area (Å²) >= 11 is 1.24. The number of hydrogen-bond donors (Lipinski definition) is 3. The number of aromatic nitrogens is 4. The van der Waals surface area contributed by atoms with E-state index in [2.05, 4.69) is 30.9 Å². The Balaban J connectivity index is 1.41. The van der Waals surface area contributed by atoms with Crippen molar-refractivity contribution in [2.45, 2.75) is 6.42 Å². The van der Waals surface area contributed by atoms with Gasteiger partial charge < -0.3 is 10.4 Å². The fourth-order valence-corrected chi connectivity index (χ4v) is 3.47. The molecular weight excluding hydrogens is 392 g/mol. The molecule has 29 heavy (non-hydrogen) atoms. The van der Waals surface area contributed by atoms with Crippen molar-refractivity contribution in [1.29, 1.82) is 0 Å². The number of amides is 1. The second-order valence-electron chi connectivity index (χ2n) is 6.10. The number of carbonyl (C=O) groups excluding carboxylic acids is 1. The van der Waals surface area contributed by atoms with Gasteiger partial charge in [-0.15, -0.1) is 5.10 Å². The summed E-state index contributed by atoms with van der Waals surface area (Å²) in [4.78, 5) is 27.5. The minimum atomic E-state index is -0.882. The molecule has 0 saturated carbocycles. The number of amidine groups is 1. The first-order valence-corrected chi connectivity index (χ1v) is 9.33. The Hall–Kier alpha value is -3.79. The van der Waals surface area contributed by atoms with E-state index >= 15 is 0 Å². The highest BCUT2D eigenvalue weighted by molar-refractivity contribution is 8.18. The molecule has 0 saturated heterocycles. The van der Waals surface area contributed by atoms with Gasteiger partial charge in [-0.1, -0.05) is 36.4 Å². The van der Waals surface area contributed by atoms with E-state index in [0.717, 1.165) is 16.8 Å². The third kappa shape index (κ3) is 4.55. The van der Waals surface area contributed by atoms with E-state index < -0.39 is 5.97 Å². The summed E-state index contributed by atoms with van der Waals surface area (Å²) in [6.45, 7) is 0. The number of thioether (sulfide) groups is 1. The van der Waals surface area contributed by atoms with Crippen LogP contribution in [0.1, 0.15) is 11.1 Å². The Morgan fingerprint density at radius 2 is 1.90 bits per heavy atom. The standard InChI is InChI=1S/C19H14N6O3S/c26-16(27)10-12-3-7-14(8-4-12)20-19-21-18(28)15(29-19)9-11-1-5-13(6-2-11)17-22-24-25-23-17/h1-9H,10H2,(H,26,27)(H,20,21,28)(H,22,23,24,25). The van der Waals surface area contributed by atoms with Gasteiger partial charge in [0.1, 0.15) is 0 Å². The van der Waals surface area contributed by atoms with Crippen LogP contribution in [0.5, 0.6) is 0 Å². The van der Waals surface area contributed by atoms with Crippen LogP contribution in [0.25, 0.3) is 17.5 Å². The van der Waals surface area contributed by atoms with Gasteiger partial charge in [0, 0.05) is 11.3 Å². The molecule has 3 aromatic rings. The van der Waals surface area contributed by atoms with Crippen LogP contribution in [-0.2, 0) is 16.0 Å². The van der Waals surface area contributed by atoms with Crippen molar-refractivity contribution >= 4 is 40.6 Å². The zero-order chi connectivity index (χ0) is 20.2. The number of anilines is 1. The first kappa shape index (κ1) is 18.6. The van der Waals surface area contributed by atoms with Crippen molar-refractivity contribution in [2.24, 2.45) is 4.99 Å². The Kier molecular flexibility index (Phi) is 5.16. The summed E-state index contributed by atoms with van der Waals surface area (Å²) in [5.41, 5.74) is 3.12. The summed E-state index contributed by atoms with van der Waals surface area (Å²) in [5.74, 6) is -0.629. The highest BCUT2D eigenvalue weighted by Gasteiger charge is 2.22. The predicted octanol–water partition coefficient (Wildman–Crippen LogP) is 2.58. The molecule has 10 heteroatoms. The molecule has 2 aromatic carbocycles. The maximum atomic E-state index is 12.2. The monoisotopic (exact) mass is 406 g/mol. The van der Waals surface area contributed by atoms with Crippen molar-refractivity contribution in [3.05, 3.63) is 64.6 Å². The smallest absolute Gasteiger partial charge is 0.307 e. The van der Waals surface area contributed by atoms with E-state index in [4.69, 9.17) is 5.11 Å². The highest BCUT2D eigenvalue weighted by Crippen LogP contribution is 2.29. The summed E-state index contributed by atoms with van der Waals surface area (Å²) in [6, 6.07) is 14.4. The minimum absolute atomic E-state index is 0.0346. The average molecular weight is 406 g/mol. The third-order valence-corrected chi connectivity index (χ3v) is 4.91. The summed E-state index contributed by atoms with van der Waals surface area (Å²) in [5, 5.41) is 26.0. The van der Waals surface area contributed by atoms with Gasteiger partial charge in [0.25, 0.3) is 5.91 Å². The van der Waals surface area contributed by atoms with E-state index in [1.54, 1.807) is 30.3 Å².